The second-order valence-electron chi connectivity index (χ2n) is 6.56. The Labute approximate surface area is 152 Å². The summed E-state index contributed by atoms with van der Waals surface area (Å²) < 4.78 is 7.86. The highest BCUT2D eigenvalue weighted by Crippen LogP contribution is 2.26. The van der Waals surface area contributed by atoms with Crippen molar-refractivity contribution in [3.05, 3.63) is 84.4 Å². The molecule has 0 radical (unpaired) electrons. The SMILES string of the molecule is C[C@@H]1CO[C@@H](c2ccccc2)CN1C(=O)c1cccc(-n2ccnc2)c1. The average Bonchev–Trinajstić information content (AvgIpc) is 3.23. The van der Waals surface area contributed by atoms with Crippen molar-refractivity contribution in [3.63, 3.8) is 0 Å². The van der Waals surface area contributed by atoms with E-state index in [4.69, 9.17) is 4.74 Å². The Morgan fingerprint density at radius 2 is 2.00 bits per heavy atom. The van der Waals surface area contributed by atoms with Gasteiger partial charge in [-0.25, -0.2) is 4.98 Å². The van der Waals surface area contributed by atoms with E-state index in [0.717, 1.165) is 11.3 Å². The molecule has 4 rings (SSSR count). The maximum absolute atomic E-state index is 13.2. The number of hydrogen-bond acceptors (Lipinski definition) is 3. The number of carbonyl (C=O) groups is 1. The Kier molecular flexibility index (Phi) is 4.54. The topological polar surface area (TPSA) is 47.4 Å². The van der Waals surface area contributed by atoms with Crippen molar-refractivity contribution in [2.24, 2.45) is 0 Å². The van der Waals surface area contributed by atoms with Gasteiger partial charge in [0.25, 0.3) is 5.91 Å². The quantitative estimate of drug-likeness (QED) is 0.729. The lowest BCUT2D eigenvalue weighted by atomic mass is 10.0. The molecular formula is C21H21N3O2. The molecule has 2 aromatic carbocycles. The third kappa shape index (κ3) is 3.26. The Balaban J connectivity index is 1.57. The van der Waals surface area contributed by atoms with E-state index in [1.807, 2.05) is 77.2 Å². The molecule has 5 heteroatoms. The minimum absolute atomic E-state index is 0.0312. The van der Waals surface area contributed by atoms with Crippen LogP contribution in [0.4, 0.5) is 0 Å². The van der Waals surface area contributed by atoms with Gasteiger partial charge in [0.1, 0.15) is 6.10 Å². The number of amides is 1. The van der Waals surface area contributed by atoms with Gasteiger partial charge >= 0.3 is 0 Å². The van der Waals surface area contributed by atoms with E-state index in [1.165, 1.54) is 0 Å². The van der Waals surface area contributed by atoms with Crippen LogP contribution in [0.2, 0.25) is 0 Å². The zero-order valence-corrected chi connectivity index (χ0v) is 14.7. The fourth-order valence-corrected chi connectivity index (χ4v) is 3.29. The maximum atomic E-state index is 13.2. The first kappa shape index (κ1) is 16.5. The van der Waals surface area contributed by atoms with Gasteiger partial charge in [0.15, 0.2) is 0 Å². The fourth-order valence-electron chi connectivity index (χ4n) is 3.29. The lowest BCUT2D eigenvalue weighted by Gasteiger charge is -2.38. The molecule has 1 aliphatic heterocycles. The van der Waals surface area contributed by atoms with Crippen LogP contribution in [0.3, 0.4) is 0 Å². The second kappa shape index (κ2) is 7.14. The van der Waals surface area contributed by atoms with Crippen LogP contribution < -0.4 is 0 Å². The summed E-state index contributed by atoms with van der Waals surface area (Å²) in [5.74, 6) is 0.0312. The van der Waals surface area contributed by atoms with Crippen LogP contribution in [0.5, 0.6) is 0 Å². The highest BCUT2D eigenvalue weighted by Gasteiger charge is 2.31. The van der Waals surface area contributed by atoms with E-state index in [2.05, 4.69) is 4.98 Å². The van der Waals surface area contributed by atoms with Crippen molar-refractivity contribution in [1.29, 1.82) is 0 Å². The first-order valence-electron chi connectivity index (χ1n) is 8.78. The van der Waals surface area contributed by atoms with Crippen molar-refractivity contribution in [2.75, 3.05) is 13.2 Å². The van der Waals surface area contributed by atoms with Gasteiger partial charge in [-0.2, -0.15) is 0 Å². The lowest BCUT2D eigenvalue weighted by Crippen LogP contribution is -2.48. The average molecular weight is 347 g/mol. The van der Waals surface area contributed by atoms with Crippen molar-refractivity contribution >= 4 is 5.91 Å². The minimum Gasteiger partial charge on any atom is -0.370 e. The highest BCUT2D eigenvalue weighted by molar-refractivity contribution is 5.95. The first-order chi connectivity index (χ1) is 12.7. The number of morpholine rings is 1. The molecule has 26 heavy (non-hydrogen) atoms. The molecule has 1 fully saturated rings. The molecule has 0 N–H and O–H groups in total. The highest BCUT2D eigenvalue weighted by atomic mass is 16.5. The molecule has 5 nitrogen and oxygen atoms in total. The van der Waals surface area contributed by atoms with Gasteiger partial charge in [0.05, 0.1) is 25.5 Å². The minimum atomic E-state index is -0.0896. The van der Waals surface area contributed by atoms with Gasteiger partial charge < -0.3 is 14.2 Å². The zero-order valence-electron chi connectivity index (χ0n) is 14.7. The normalized spacial score (nSPS) is 20.1. The van der Waals surface area contributed by atoms with Crippen LogP contribution in [0.25, 0.3) is 5.69 Å². The Morgan fingerprint density at radius 1 is 1.15 bits per heavy atom. The monoisotopic (exact) mass is 347 g/mol. The van der Waals surface area contributed by atoms with Crippen LogP contribution in [0, 0.1) is 0 Å². The fraction of sp³-hybridized carbons (Fsp3) is 0.238. The summed E-state index contributed by atoms with van der Waals surface area (Å²) in [5.41, 5.74) is 2.70. The van der Waals surface area contributed by atoms with Gasteiger partial charge in [-0.15, -0.1) is 0 Å². The summed E-state index contributed by atoms with van der Waals surface area (Å²) in [4.78, 5) is 19.1. The van der Waals surface area contributed by atoms with Crippen LogP contribution >= 0.6 is 0 Å². The Bertz CT molecular complexity index is 877. The smallest absolute Gasteiger partial charge is 0.254 e. The third-order valence-corrected chi connectivity index (χ3v) is 4.76. The third-order valence-electron chi connectivity index (χ3n) is 4.76. The molecule has 0 spiro atoms. The van der Waals surface area contributed by atoms with Crippen molar-refractivity contribution in [1.82, 2.24) is 14.5 Å². The molecule has 1 saturated heterocycles. The van der Waals surface area contributed by atoms with Gasteiger partial charge in [-0.05, 0) is 30.7 Å². The van der Waals surface area contributed by atoms with E-state index in [1.54, 1.807) is 12.5 Å². The van der Waals surface area contributed by atoms with Crippen LogP contribution in [-0.2, 0) is 4.74 Å². The number of carbonyl (C=O) groups excluding carboxylic acids is 1. The Hall–Kier alpha value is -2.92. The number of imidazole rings is 1. The van der Waals surface area contributed by atoms with E-state index < -0.39 is 0 Å². The summed E-state index contributed by atoms with van der Waals surface area (Å²) in [6.07, 6.45) is 5.23. The number of aromatic nitrogens is 2. The maximum Gasteiger partial charge on any atom is 0.254 e. The largest absolute Gasteiger partial charge is 0.370 e. The summed E-state index contributed by atoms with van der Waals surface area (Å²) in [7, 11) is 0. The van der Waals surface area contributed by atoms with E-state index >= 15 is 0 Å². The number of rotatable bonds is 3. The number of benzene rings is 2. The van der Waals surface area contributed by atoms with Gasteiger partial charge in [-0.1, -0.05) is 36.4 Å². The summed E-state index contributed by atoms with van der Waals surface area (Å²) in [6.45, 7) is 3.12. The molecule has 0 saturated carbocycles. The molecule has 0 aliphatic carbocycles. The molecule has 0 bridgehead atoms. The summed E-state index contributed by atoms with van der Waals surface area (Å²) in [5, 5.41) is 0. The number of ether oxygens (including phenoxy) is 1. The van der Waals surface area contributed by atoms with Crippen molar-refractivity contribution in [2.45, 2.75) is 19.1 Å². The van der Waals surface area contributed by atoms with E-state index in [9.17, 15) is 4.79 Å². The number of nitrogens with zero attached hydrogens (tertiary/aromatic N) is 3. The van der Waals surface area contributed by atoms with Crippen LogP contribution in [-0.4, -0.2) is 39.6 Å². The summed E-state index contributed by atoms with van der Waals surface area (Å²) >= 11 is 0. The Morgan fingerprint density at radius 3 is 2.77 bits per heavy atom. The van der Waals surface area contributed by atoms with E-state index in [0.29, 0.717) is 18.7 Å². The molecule has 3 aromatic rings. The molecule has 1 aliphatic rings. The van der Waals surface area contributed by atoms with Gasteiger partial charge in [-0.3, -0.25) is 4.79 Å². The van der Waals surface area contributed by atoms with Crippen LogP contribution in [0.15, 0.2) is 73.3 Å². The molecule has 1 amide bonds. The molecule has 132 valence electrons. The lowest BCUT2D eigenvalue weighted by molar-refractivity contribution is -0.0486. The predicted molar refractivity (Wildman–Crippen MR) is 99.2 cm³/mol. The standard InChI is InChI=1S/C21H21N3O2/c1-16-14-26-20(17-6-3-2-4-7-17)13-24(16)21(25)18-8-5-9-19(12-18)23-11-10-22-15-23/h2-12,15-16,20H,13-14H2,1H3/t16-,20-/m1/s1. The molecule has 2 atom stereocenters. The van der Waals surface area contributed by atoms with Crippen LogP contribution in [0.1, 0.15) is 28.9 Å². The summed E-state index contributed by atoms with van der Waals surface area (Å²) in [6, 6.07) is 17.8. The zero-order chi connectivity index (χ0) is 17.9. The molecule has 1 aromatic heterocycles. The van der Waals surface area contributed by atoms with Gasteiger partial charge in [0.2, 0.25) is 0 Å². The van der Waals surface area contributed by atoms with E-state index in [-0.39, 0.29) is 18.1 Å². The molecule has 2 heterocycles. The molecule has 0 unspecified atom stereocenters. The first-order valence-corrected chi connectivity index (χ1v) is 8.78. The number of hydrogen-bond donors (Lipinski definition) is 0. The van der Waals surface area contributed by atoms with Crippen molar-refractivity contribution in [3.8, 4) is 5.69 Å². The molecular weight excluding hydrogens is 326 g/mol. The van der Waals surface area contributed by atoms with Crippen molar-refractivity contribution < 1.29 is 9.53 Å². The predicted octanol–water partition coefficient (Wildman–Crippen LogP) is 3.47. The van der Waals surface area contributed by atoms with Gasteiger partial charge in [0, 0.05) is 23.6 Å². The second-order valence-corrected chi connectivity index (χ2v) is 6.56.